The van der Waals surface area contributed by atoms with Crippen molar-refractivity contribution in [3.63, 3.8) is 0 Å². The van der Waals surface area contributed by atoms with E-state index in [9.17, 15) is 27.7 Å². The minimum Gasteiger partial charge on any atom is -0.326 e. The van der Waals surface area contributed by atoms with Crippen molar-refractivity contribution < 1.29 is 22.5 Å². The molecule has 4 rings (SSSR count). The van der Waals surface area contributed by atoms with Crippen LogP contribution >= 0.6 is 23.2 Å². The number of hydrogen-bond donors (Lipinski definition) is 0. The van der Waals surface area contributed by atoms with E-state index < -0.39 is 39.3 Å². The Morgan fingerprint density at radius 1 is 0.972 bits per heavy atom. The molecule has 0 aliphatic heterocycles. The van der Waals surface area contributed by atoms with Gasteiger partial charge in [0.2, 0.25) is 0 Å². The first kappa shape index (κ1) is 25.4. The maximum atomic E-state index is 14.4. The highest BCUT2D eigenvalue weighted by molar-refractivity contribution is 6.36. The summed E-state index contributed by atoms with van der Waals surface area (Å²) in [7, 11) is 0. The summed E-state index contributed by atoms with van der Waals surface area (Å²) >= 11 is 12.3. The summed E-state index contributed by atoms with van der Waals surface area (Å²) in [5.74, 6) is -5.86. The van der Waals surface area contributed by atoms with Crippen molar-refractivity contribution in [2.45, 2.75) is 13.5 Å². The minimum absolute atomic E-state index is 0.0903. The highest BCUT2D eigenvalue weighted by atomic mass is 35.5. The largest absolute Gasteiger partial charge is 0.326 e. The highest BCUT2D eigenvalue weighted by Gasteiger charge is 2.21. The van der Waals surface area contributed by atoms with Gasteiger partial charge in [0.25, 0.3) is 5.69 Å². The number of halogens is 6. The molecule has 11 heteroatoms. The predicted molar refractivity (Wildman–Crippen MR) is 130 cm³/mol. The number of nitro benzene ring substituents is 1. The average molecular weight is 536 g/mol. The van der Waals surface area contributed by atoms with Crippen LogP contribution in [0.3, 0.4) is 0 Å². The second kappa shape index (κ2) is 10.1. The van der Waals surface area contributed by atoms with Gasteiger partial charge in [0, 0.05) is 41.0 Å². The lowest BCUT2D eigenvalue weighted by molar-refractivity contribution is -0.384. The van der Waals surface area contributed by atoms with Crippen LogP contribution in [0.5, 0.6) is 0 Å². The van der Waals surface area contributed by atoms with Gasteiger partial charge in [-0.2, -0.15) is 0 Å². The van der Waals surface area contributed by atoms with Gasteiger partial charge in [0.05, 0.1) is 21.2 Å². The van der Waals surface area contributed by atoms with Crippen LogP contribution in [-0.4, -0.2) is 14.5 Å². The molecule has 0 saturated heterocycles. The molecule has 0 atom stereocenters. The third-order valence-corrected chi connectivity index (χ3v) is 5.98. The van der Waals surface area contributed by atoms with Crippen LogP contribution < -0.4 is 0 Å². The molecular formula is C25H15Cl2F4N3O2. The summed E-state index contributed by atoms with van der Waals surface area (Å²) < 4.78 is 58.4. The SMILES string of the molecule is Cc1c(F)c(F)c(C=Cc2nc(-c3ccc(Cl)cc3Cl)cn2Cc2ccc([N+](=O)[O-])cc2)c(F)c1F. The van der Waals surface area contributed by atoms with E-state index in [1.165, 1.54) is 24.3 Å². The molecule has 36 heavy (non-hydrogen) atoms. The van der Waals surface area contributed by atoms with Crippen molar-refractivity contribution in [1.82, 2.24) is 9.55 Å². The van der Waals surface area contributed by atoms with Crippen LogP contribution in [0.15, 0.2) is 48.7 Å². The molecular weight excluding hydrogens is 521 g/mol. The summed E-state index contributed by atoms with van der Waals surface area (Å²) in [6, 6.07) is 10.5. The monoisotopic (exact) mass is 535 g/mol. The smallest absolute Gasteiger partial charge is 0.269 e. The van der Waals surface area contributed by atoms with E-state index in [0.717, 1.165) is 13.0 Å². The zero-order valence-electron chi connectivity index (χ0n) is 18.4. The van der Waals surface area contributed by atoms with Crippen LogP contribution in [0.4, 0.5) is 23.2 Å². The molecule has 0 N–H and O–H groups in total. The van der Waals surface area contributed by atoms with Crippen molar-refractivity contribution in [3.8, 4) is 11.3 Å². The standard InChI is InChI=1S/C25H15Cl2F4N3O2/c1-13-22(28)24(30)18(25(31)23(13)29)8-9-21-32-20(17-7-4-15(26)10-19(17)27)12-33(21)11-14-2-5-16(6-3-14)34(35)36/h2-10,12H,11H2,1H3. The lowest BCUT2D eigenvalue weighted by Gasteiger charge is -2.07. The fraction of sp³-hybridized carbons (Fsp3) is 0.0800. The number of imidazole rings is 1. The molecule has 0 saturated carbocycles. The van der Waals surface area contributed by atoms with Crippen LogP contribution in [0, 0.1) is 40.3 Å². The predicted octanol–water partition coefficient (Wildman–Crippen LogP) is 7.85. The molecule has 1 heterocycles. The van der Waals surface area contributed by atoms with Crippen LogP contribution in [0.2, 0.25) is 10.0 Å². The van der Waals surface area contributed by atoms with Crippen molar-refractivity contribution in [2.75, 3.05) is 0 Å². The Morgan fingerprint density at radius 2 is 1.61 bits per heavy atom. The number of nitro groups is 1. The molecule has 184 valence electrons. The maximum Gasteiger partial charge on any atom is 0.269 e. The van der Waals surface area contributed by atoms with Gasteiger partial charge < -0.3 is 4.57 Å². The number of non-ortho nitro benzene ring substituents is 1. The Kier molecular flexibility index (Phi) is 7.14. The Morgan fingerprint density at radius 3 is 2.19 bits per heavy atom. The topological polar surface area (TPSA) is 61.0 Å². The first-order chi connectivity index (χ1) is 17.1. The van der Waals surface area contributed by atoms with E-state index in [2.05, 4.69) is 4.98 Å². The van der Waals surface area contributed by atoms with E-state index in [-0.39, 0.29) is 18.1 Å². The molecule has 0 fully saturated rings. The van der Waals surface area contributed by atoms with Gasteiger partial charge in [-0.15, -0.1) is 0 Å². The van der Waals surface area contributed by atoms with Gasteiger partial charge in [0.15, 0.2) is 23.3 Å². The zero-order valence-corrected chi connectivity index (χ0v) is 19.9. The molecule has 3 aromatic carbocycles. The van der Waals surface area contributed by atoms with Crippen molar-refractivity contribution in [2.24, 2.45) is 0 Å². The van der Waals surface area contributed by atoms with Crippen molar-refractivity contribution >= 4 is 41.0 Å². The summed E-state index contributed by atoms with van der Waals surface area (Å²) in [6.07, 6.45) is 3.70. The second-order valence-electron chi connectivity index (χ2n) is 7.79. The molecule has 4 aromatic rings. The summed E-state index contributed by atoms with van der Waals surface area (Å²) in [5, 5.41) is 11.6. The second-order valence-corrected chi connectivity index (χ2v) is 8.63. The molecule has 1 aromatic heterocycles. The Hall–Kier alpha value is -3.69. The number of hydrogen-bond acceptors (Lipinski definition) is 3. The van der Waals surface area contributed by atoms with Crippen LogP contribution in [0.25, 0.3) is 23.4 Å². The van der Waals surface area contributed by atoms with Gasteiger partial charge >= 0.3 is 0 Å². The summed E-state index contributed by atoms with van der Waals surface area (Å²) in [4.78, 5) is 14.9. The Labute approximate surface area is 212 Å². The number of aromatic nitrogens is 2. The first-order valence-corrected chi connectivity index (χ1v) is 11.1. The minimum atomic E-state index is -1.53. The van der Waals surface area contributed by atoms with E-state index in [0.29, 0.717) is 26.9 Å². The third-order valence-electron chi connectivity index (χ3n) is 5.43. The lowest BCUT2D eigenvalue weighted by Crippen LogP contribution is -2.03. The van der Waals surface area contributed by atoms with E-state index in [1.54, 1.807) is 35.0 Å². The average Bonchev–Trinajstić information content (AvgIpc) is 3.23. The fourth-order valence-corrected chi connectivity index (χ4v) is 4.00. The van der Waals surface area contributed by atoms with E-state index >= 15 is 0 Å². The molecule has 0 bridgehead atoms. The number of benzene rings is 3. The van der Waals surface area contributed by atoms with Crippen molar-refractivity contribution in [1.29, 1.82) is 0 Å². The van der Waals surface area contributed by atoms with Gasteiger partial charge in [-0.25, -0.2) is 22.5 Å². The van der Waals surface area contributed by atoms with Crippen LogP contribution in [0.1, 0.15) is 22.5 Å². The maximum absolute atomic E-state index is 14.4. The van der Waals surface area contributed by atoms with Gasteiger partial charge in [0.1, 0.15) is 5.82 Å². The molecule has 0 amide bonds. The summed E-state index contributed by atoms with van der Waals surface area (Å²) in [6.45, 7) is 1.10. The Bertz CT molecular complexity index is 1490. The first-order valence-electron chi connectivity index (χ1n) is 10.3. The number of rotatable bonds is 6. The molecule has 0 spiro atoms. The molecule has 0 aliphatic carbocycles. The normalized spacial score (nSPS) is 11.4. The van der Waals surface area contributed by atoms with E-state index in [4.69, 9.17) is 23.2 Å². The molecule has 0 radical (unpaired) electrons. The quantitative estimate of drug-likeness (QED) is 0.109. The summed E-state index contributed by atoms with van der Waals surface area (Å²) in [5.41, 5.74) is -0.185. The van der Waals surface area contributed by atoms with Crippen LogP contribution in [-0.2, 0) is 6.54 Å². The van der Waals surface area contributed by atoms with E-state index in [1.807, 2.05) is 0 Å². The van der Waals surface area contributed by atoms with Crippen molar-refractivity contribution in [3.05, 3.63) is 115 Å². The van der Waals surface area contributed by atoms with Gasteiger partial charge in [-0.1, -0.05) is 35.3 Å². The highest BCUT2D eigenvalue weighted by Crippen LogP contribution is 2.31. The van der Waals surface area contributed by atoms with Gasteiger partial charge in [-0.3, -0.25) is 10.1 Å². The zero-order chi connectivity index (χ0) is 26.1. The third kappa shape index (κ3) is 4.98. The number of nitrogens with zero attached hydrogens (tertiary/aromatic N) is 3. The molecule has 0 unspecified atom stereocenters. The fourth-order valence-electron chi connectivity index (χ4n) is 3.50. The lowest BCUT2D eigenvalue weighted by atomic mass is 10.1. The molecule has 5 nitrogen and oxygen atoms in total. The Balaban J connectivity index is 1.79. The molecule has 0 aliphatic rings. The van der Waals surface area contributed by atoms with Gasteiger partial charge in [-0.05, 0) is 42.8 Å².